The Balaban J connectivity index is 1.08. The maximum atomic E-state index is 6.59. The molecule has 6 aromatic rings. The number of nitrogens with two attached hydrogens (primary N) is 1. The molecule has 4 aromatic carbocycles. The number of hydrogen-bond acceptors (Lipinski definition) is 3. The fraction of sp³-hybridized carbons (Fsp3) is 0.0541. The van der Waals surface area contributed by atoms with E-state index in [0.717, 1.165) is 28.5 Å². The molecule has 0 fully saturated rings. The topological polar surface area (TPSA) is 55.9 Å². The summed E-state index contributed by atoms with van der Waals surface area (Å²) in [5.41, 5.74) is 13.4. The minimum absolute atomic E-state index is 0.194. The summed E-state index contributed by atoms with van der Waals surface area (Å²) < 4.78 is 2.07. The Morgan fingerprint density at radius 1 is 0.829 bits per heavy atom. The van der Waals surface area contributed by atoms with E-state index < -0.39 is 0 Å². The van der Waals surface area contributed by atoms with Crippen LogP contribution in [-0.2, 0) is 0 Å². The number of hydrogen-bond donors (Lipinski definition) is 2. The molecule has 198 valence electrons. The molecule has 1 aliphatic rings. The standard InChI is InChI=1S/C37H30N4/c38-37(41-35-20-5-4-17-32(35)33-22-23-39-25-36(33)41)21-6-2-14-29-15-9-19-34(40-29)28-13-7-12-27(24-28)31-18-8-11-26-10-1-3-16-30(26)31/h1-13,15-25,29,40H,14,38H2/b6-2-,37-21+. The molecule has 0 saturated carbocycles. The Morgan fingerprint density at radius 3 is 2.56 bits per heavy atom. The van der Waals surface area contributed by atoms with Gasteiger partial charge < -0.3 is 11.1 Å². The highest BCUT2D eigenvalue weighted by molar-refractivity contribution is 6.09. The summed E-state index contributed by atoms with van der Waals surface area (Å²) in [7, 11) is 0. The number of para-hydroxylation sites is 1. The molecular weight excluding hydrogens is 500 g/mol. The molecule has 1 atom stereocenters. The van der Waals surface area contributed by atoms with Gasteiger partial charge in [-0.05, 0) is 64.2 Å². The van der Waals surface area contributed by atoms with Crippen molar-refractivity contribution in [1.82, 2.24) is 14.9 Å². The predicted molar refractivity (Wildman–Crippen MR) is 173 cm³/mol. The van der Waals surface area contributed by atoms with Crippen LogP contribution in [0.5, 0.6) is 0 Å². The normalized spacial score (nSPS) is 15.6. The molecule has 3 heterocycles. The lowest BCUT2D eigenvalue weighted by Crippen LogP contribution is -2.27. The zero-order chi connectivity index (χ0) is 27.6. The van der Waals surface area contributed by atoms with Gasteiger partial charge in [-0.25, -0.2) is 0 Å². The molecule has 0 amide bonds. The van der Waals surface area contributed by atoms with Gasteiger partial charge in [-0.2, -0.15) is 0 Å². The van der Waals surface area contributed by atoms with Crippen LogP contribution in [0.2, 0.25) is 0 Å². The summed E-state index contributed by atoms with van der Waals surface area (Å²) in [6, 6.07) is 34.4. The van der Waals surface area contributed by atoms with Gasteiger partial charge in [0.05, 0.1) is 17.2 Å². The Kier molecular flexibility index (Phi) is 6.42. The highest BCUT2D eigenvalue weighted by atomic mass is 15.1. The van der Waals surface area contributed by atoms with E-state index >= 15 is 0 Å². The second-order valence-electron chi connectivity index (χ2n) is 10.3. The number of fused-ring (bicyclic) bond motifs is 4. The zero-order valence-electron chi connectivity index (χ0n) is 22.6. The molecule has 0 saturated heterocycles. The van der Waals surface area contributed by atoms with Crippen molar-refractivity contribution in [3.63, 3.8) is 0 Å². The summed E-state index contributed by atoms with van der Waals surface area (Å²) >= 11 is 0. The summed E-state index contributed by atoms with van der Waals surface area (Å²) in [6.07, 6.45) is 17.2. The number of pyridine rings is 1. The van der Waals surface area contributed by atoms with Crippen molar-refractivity contribution in [1.29, 1.82) is 0 Å². The van der Waals surface area contributed by atoms with E-state index in [-0.39, 0.29) is 6.04 Å². The highest BCUT2D eigenvalue weighted by Crippen LogP contribution is 2.31. The second-order valence-corrected chi connectivity index (χ2v) is 10.3. The minimum atomic E-state index is 0.194. The first-order valence-corrected chi connectivity index (χ1v) is 14.0. The van der Waals surface area contributed by atoms with E-state index in [4.69, 9.17) is 5.73 Å². The molecule has 0 bridgehead atoms. The van der Waals surface area contributed by atoms with Crippen LogP contribution in [0.25, 0.3) is 55.2 Å². The molecule has 4 heteroatoms. The molecule has 0 spiro atoms. The molecule has 1 aliphatic heterocycles. The van der Waals surface area contributed by atoms with Crippen LogP contribution < -0.4 is 11.1 Å². The molecule has 7 rings (SSSR count). The number of nitrogens with zero attached hydrogens (tertiary/aromatic N) is 2. The molecule has 41 heavy (non-hydrogen) atoms. The SMILES string of the molecule is N/C(=C\C=C/CC1C=CC=C(c2cccc(-c3cccc4ccccc34)c2)N1)n1c2ccccc2c2ccncc21. The lowest BCUT2D eigenvalue weighted by atomic mass is 9.96. The Bertz CT molecular complexity index is 1960. The molecule has 0 aliphatic carbocycles. The highest BCUT2D eigenvalue weighted by Gasteiger charge is 2.13. The average molecular weight is 531 g/mol. The zero-order valence-corrected chi connectivity index (χ0v) is 22.6. The van der Waals surface area contributed by atoms with Crippen LogP contribution >= 0.6 is 0 Å². The average Bonchev–Trinajstić information content (AvgIpc) is 3.37. The van der Waals surface area contributed by atoms with Crippen molar-refractivity contribution in [2.24, 2.45) is 5.73 Å². The van der Waals surface area contributed by atoms with E-state index in [2.05, 4.69) is 124 Å². The smallest absolute Gasteiger partial charge is 0.108 e. The quantitative estimate of drug-likeness (QED) is 0.213. The first-order valence-electron chi connectivity index (χ1n) is 14.0. The van der Waals surface area contributed by atoms with Crippen molar-refractivity contribution < 1.29 is 0 Å². The number of dihydropyridines is 1. The molecule has 4 nitrogen and oxygen atoms in total. The number of benzene rings is 4. The maximum Gasteiger partial charge on any atom is 0.108 e. The van der Waals surface area contributed by atoms with Crippen LogP contribution in [0.15, 0.2) is 146 Å². The van der Waals surface area contributed by atoms with Crippen LogP contribution in [0.1, 0.15) is 12.0 Å². The predicted octanol–water partition coefficient (Wildman–Crippen LogP) is 8.28. The first-order chi connectivity index (χ1) is 20.3. The Morgan fingerprint density at radius 2 is 1.61 bits per heavy atom. The second kappa shape index (κ2) is 10.7. The summed E-state index contributed by atoms with van der Waals surface area (Å²) in [5, 5.41) is 8.55. The van der Waals surface area contributed by atoms with Gasteiger partial charge >= 0.3 is 0 Å². The van der Waals surface area contributed by atoms with Gasteiger partial charge in [0, 0.05) is 28.7 Å². The van der Waals surface area contributed by atoms with E-state index in [1.807, 2.05) is 36.7 Å². The van der Waals surface area contributed by atoms with Crippen LogP contribution in [0, 0.1) is 0 Å². The number of allylic oxidation sites excluding steroid dienone is 4. The molecule has 0 radical (unpaired) electrons. The summed E-state index contributed by atoms with van der Waals surface area (Å²) in [5.74, 6) is 0.665. The van der Waals surface area contributed by atoms with Gasteiger partial charge in [0.15, 0.2) is 0 Å². The molecule has 1 unspecified atom stereocenters. The monoisotopic (exact) mass is 530 g/mol. The third-order valence-electron chi connectivity index (χ3n) is 7.75. The van der Waals surface area contributed by atoms with Gasteiger partial charge in [0.2, 0.25) is 0 Å². The Hall–Kier alpha value is -5.35. The first kappa shape index (κ1) is 24.7. The third-order valence-corrected chi connectivity index (χ3v) is 7.75. The van der Waals surface area contributed by atoms with Crippen LogP contribution in [0.4, 0.5) is 0 Å². The van der Waals surface area contributed by atoms with Crippen molar-refractivity contribution >= 4 is 44.1 Å². The fourth-order valence-electron chi connectivity index (χ4n) is 5.79. The summed E-state index contributed by atoms with van der Waals surface area (Å²) in [6.45, 7) is 0. The van der Waals surface area contributed by atoms with E-state index in [1.54, 1.807) is 0 Å². The lowest BCUT2D eigenvalue weighted by molar-refractivity contribution is 0.718. The molecule has 3 N–H and O–H groups in total. The van der Waals surface area contributed by atoms with Crippen molar-refractivity contribution in [2.75, 3.05) is 0 Å². The van der Waals surface area contributed by atoms with E-state index in [1.165, 1.54) is 32.8 Å². The van der Waals surface area contributed by atoms with Crippen molar-refractivity contribution in [2.45, 2.75) is 12.5 Å². The maximum absolute atomic E-state index is 6.59. The van der Waals surface area contributed by atoms with Gasteiger partial charge in [-0.15, -0.1) is 0 Å². The molecular formula is C37H30N4. The Labute approximate surface area is 239 Å². The van der Waals surface area contributed by atoms with E-state index in [0.29, 0.717) is 5.82 Å². The number of rotatable bonds is 6. The van der Waals surface area contributed by atoms with Gasteiger partial charge in [-0.1, -0.05) is 103 Å². The van der Waals surface area contributed by atoms with Crippen molar-refractivity contribution in [3.05, 3.63) is 151 Å². The van der Waals surface area contributed by atoms with Gasteiger partial charge in [0.25, 0.3) is 0 Å². The van der Waals surface area contributed by atoms with Crippen LogP contribution in [0.3, 0.4) is 0 Å². The number of nitrogens with one attached hydrogen (secondary N) is 1. The number of aromatic nitrogens is 2. The lowest BCUT2D eigenvalue weighted by Gasteiger charge is -2.21. The van der Waals surface area contributed by atoms with Crippen LogP contribution in [-0.4, -0.2) is 15.6 Å². The molecule has 2 aromatic heterocycles. The van der Waals surface area contributed by atoms with Gasteiger partial charge in [0.1, 0.15) is 5.82 Å². The minimum Gasteiger partial charge on any atom is -0.385 e. The summed E-state index contributed by atoms with van der Waals surface area (Å²) in [4.78, 5) is 4.33. The third kappa shape index (κ3) is 4.70. The largest absolute Gasteiger partial charge is 0.385 e. The fourth-order valence-corrected chi connectivity index (χ4v) is 5.79. The van der Waals surface area contributed by atoms with Crippen molar-refractivity contribution in [3.8, 4) is 11.1 Å². The van der Waals surface area contributed by atoms with E-state index in [9.17, 15) is 0 Å². The van der Waals surface area contributed by atoms with Gasteiger partial charge in [-0.3, -0.25) is 9.55 Å².